The van der Waals surface area contributed by atoms with Crippen LogP contribution in [0.4, 0.5) is 0 Å². The van der Waals surface area contributed by atoms with Crippen LogP contribution in [0.1, 0.15) is 51.9 Å². The molecule has 1 amide bonds. The minimum absolute atomic E-state index is 0.0468. The van der Waals surface area contributed by atoms with E-state index in [4.69, 9.17) is 11.6 Å². The van der Waals surface area contributed by atoms with Gasteiger partial charge in [0.25, 0.3) is 5.91 Å². The number of amides is 1. The van der Waals surface area contributed by atoms with Crippen LogP contribution < -0.4 is 5.43 Å². The maximum atomic E-state index is 12.1. The number of benzene rings is 1. The third-order valence-electron chi connectivity index (χ3n) is 3.75. The molecule has 0 saturated heterocycles. The number of hydrogen-bond acceptors (Lipinski definition) is 3. The summed E-state index contributed by atoms with van der Waals surface area (Å²) in [4.78, 5) is 13.2. The van der Waals surface area contributed by atoms with Crippen LogP contribution in [-0.4, -0.2) is 16.9 Å². The van der Waals surface area contributed by atoms with Gasteiger partial charge in [0.05, 0.1) is 5.25 Å². The molecule has 1 aromatic carbocycles. The summed E-state index contributed by atoms with van der Waals surface area (Å²) in [5.41, 5.74) is 3.87. The number of hydrazone groups is 1. The van der Waals surface area contributed by atoms with Crippen LogP contribution in [0.5, 0.6) is 0 Å². The van der Waals surface area contributed by atoms with Crippen molar-refractivity contribution >= 4 is 35.0 Å². The first-order chi connectivity index (χ1) is 10.6. The van der Waals surface area contributed by atoms with Crippen LogP contribution in [0.25, 0.3) is 0 Å². The molecule has 5 heteroatoms. The molecule has 3 nitrogen and oxygen atoms in total. The van der Waals surface area contributed by atoms with Crippen molar-refractivity contribution in [2.75, 3.05) is 0 Å². The fraction of sp³-hybridized carbons (Fsp3) is 0.529. The van der Waals surface area contributed by atoms with Gasteiger partial charge in [-0.15, -0.1) is 11.8 Å². The summed E-state index contributed by atoms with van der Waals surface area (Å²) < 4.78 is 0. The third kappa shape index (κ3) is 6.01. The van der Waals surface area contributed by atoms with E-state index in [2.05, 4.69) is 10.5 Å². The van der Waals surface area contributed by atoms with Gasteiger partial charge < -0.3 is 0 Å². The quantitative estimate of drug-likeness (QED) is 0.617. The van der Waals surface area contributed by atoms with Crippen LogP contribution in [0.3, 0.4) is 0 Å². The zero-order valence-electron chi connectivity index (χ0n) is 13.0. The molecule has 0 radical (unpaired) electrons. The second-order valence-electron chi connectivity index (χ2n) is 5.64. The zero-order valence-corrected chi connectivity index (χ0v) is 14.6. The average Bonchev–Trinajstić information content (AvgIpc) is 2.48. The standard InChI is InChI=1S/C17H23ClN2OS/c1-13(22-16-11-9-14(18)10-12-16)17(21)20-19-15-7-5-3-2-4-6-8-15/h9-13H,2-8H2,1H3,(H,20,21)/t13-/m1/s1. The minimum atomic E-state index is -0.181. The first-order valence-electron chi connectivity index (χ1n) is 7.92. The highest BCUT2D eigenvalue weighted by Crippen LogP contribution is 2.24. The number of hydrogen-bond donors (Lipinski definition) is 1. The first kappa shape index (κ1) is 17.4. The molecular formula is C17H23ClN2OS. The predicted molar refractivity (Wildman–Crippen MR) is 94.7 cm³/mol. The van der Waals surface area contributed by atoms with Gasteiger partial charge in [0.1, 0.15) is 0 Å². The Balaban J connectivity index is 1.83. The number of carbonyl (C=O) groups is 1. The fourth-order valence-electron chi connectivity index (χ4n) is 2.42. The van der Waals surface area contributed by atoms with Crippen LogP contribution in [0, 0.1) is 0 Å². The molecule has 1 aromatic rings. The Kier molecular flexibility index (Phi) is 7.26. The summed E-state index contributed by atoms with van der Waals surface area (Å²) in [6.45, 7) is 1.90. The Morgan fingerprint density at radius 3 is 2.36 bits per heavy atom. The molecule has 1 saturated carbocycles. The second kappa shape index (κ2) is 9.21. The predicted octanol–water partition coefficient (Wildman–Crippen LogP) is 5.04. The molecule has 0 heterocycles. The summed E-state index contributed by atoms with van der Waals surface area (Å²) in [7, 11) is 0. The monoisotopic (exact) mass is 338 g/mol. The van der Waals surface area contributed by atoms with E-state index < -0.39 is 0 Å². The topological polar surface area (TPSA) is 41.5 Å². The van der Waals surface area contributed by atoms with Gasteiger partial charge in [-0.05, 0) is 56.9 Å². The van der Waals surface area contributed by atoms with E-state index in [0.717, 1.165) is 23.4 Å². The van der Waals surface area contributed by atoms with Crippen LogP contribution >= 0.6 is 23.4 Å². The number of halogens is 1. The molecule has 0 aliphatic heterocycles. The van der Waals surface area contributed by atoms with Crippen LogP contribution in [0.2, 0.25) is 5.02 Å². The molecule has 1 N–H and O–H groups in total. The van der Waals surface area contributed by atoms with Crippen molar-refractivity contribution in [2.45, 2.75) is 62.0 Å². The summed E-state index contributed by atoms with van der Waals surface area (Å²) in [6.07, 6.45) is 8.27. The van der Waals surface area contributed by atoms with Crippen LogP contribution in [-0.2, 0) is 4.79 Å². The number of nitrogens with one attached hydrogen (secondary N) is 1. The molecule has 1 fully saturated rings. The lowest BCUT2D eigenvalue weighted by molar-refractivity contribution is -0.120. The Hall–Kier alpha value is -1.00. The third-order valence-corrected chi connectivity index (χ3v) is 5.11. The molecule has 0 unspecified atom stereocenters. The molecule has 0 bridgehead atoms. The molecule has 1 aliphatic carbocycles. The minimum Gasteiger partial charge on any atom is -0.272 e. The highest BCUT2D eigenvalue weighted by atomic mass is 35.5. The summed E-state index contributed by atoms with van der Waals surface area (Å²) in [5.74, 6) is -0.0468. The lowest BCUT2D eigenvalue weighted by Crippen LogP contribution is -2.28. The van der Waals surface area contributed by atoms with Crippen molar-refractivity contribution in [1.29, 1.82) is 0 Å². The Labute approximate surface area is 141 Å². The van der Waals surface area contributed by atoms with Gasteiger partial charge in [0, 0.05) is 15.6 Å². The molecule has 0 spiro atoms. The van der Waals surface area contributed by atoms with Crippen molar-refractivity contribution in [2.24, 2.45) is 5.10 Å². The van der Waals surface area contributed by atoms with Crippen LogP contribution in [0.15, 0.2) is 34.3 Å². The van der Waals surface area contributed by atoms with Crippen molar-refractivity contribution in [3.8, 4) is 0 Å². The molecule has 22 heavy (non-hydrogen) atoms. The maximum Gasteiger partial charge on any atom is 0.253 e. The van der Waals surface area contributed by atoms with E-state index in [0.29, 0.717) is 5.02 Å². The number of nitrogens with zero attached hydrogens (tertiary/aromatic N) is 1. The summed E-state index contributed by atoms with van der Waals surface area (Å²) >= 11 is 7.38. The van der Waals surface area contributed by atoms with E-state index >= 15 is 0 Å². The number of thioether (sulfide) groups is 1. The van der Waals surface area contributed by atoms with Gasteiger partial charge in [0.15, 0.2) is 0 Å². The van der Waals surface area contributed by atoms with Crippen molar-refractivity contribution in [1.82, 2.24) is 5.43 Å². The fourth-order valence-corrected chi connectivity index (χ4v) is 3.41. The molecular weight excluding hydrogens is 316 g/mol. The van der Waals surface area contributed by atoms with E-state index in [9.17, 15) is 4.79 Å². The highest BCUT2D eigenvalue weighted by molar-refractivity contribution is 8.00. The van der Waals surface area contributed by atoms with E-state index in [1.807, 2.05) is 31.2 Å². The Morgan fingerprint density at radius 1 is 1.14 bits per heavy atom. The summed E-state index contributed by atoms with van der Waals surface area (Å²) in [6, 6.07) is 7.53. The molecule has 1 aliphatic rings. The van der Waals surface area contributed by atoms with Crippen molar-refractivity contribution in [3.05, 3.63) is 29.3 Å². The lowest BCUT2D eigenvalue weighted by atomic mass is 9.99. The van der Waals surface area contributed by atoms with Gasteiger partial charge in [-0.25, -0.2) is 5.43 Å². The smallest absolute Gasteiger partial charge is 0.253 e. The lowest BCUT2D eigenvalue weighted by Gasteiger charge is -2.13. The normalized spacial score (nSPS) is 17.3. The Bertz CT molecular complexity index is 506. The molecule has 0 aromatic heterocycles. The van der Waals surface area contributed by atoms with Gasteiger partial charge in [-0.3, -0.25) is 4.79 Å². The number of carbonyl (C=O) groups excluding carboxylic acids is 1. The van der Waals surface area contributed by atoms with E-state index in [-0.39, 0.29) is 11.2 Å². The van der Waals surface area contributed by atoms with Gasteiger partial charge >= 0.3 is 0 Å². The van der Waals surface area contributed by atoms with Gasteiger partial charge in [0.2, 0.25) is 0 Å². The Morgan fingerprint density at radius 2 is 1.73 bits per heavy atom. The van der Waals surface area contributed by atoms with E-state index in [1.54, 1.807) is 0 Å². The zero-order chi connectivity index (χ0) is 15.8. The first-order valence-corrected chi connectivity index (χ1v) is 9.18. The largest absolute Gasteiger partial charge is 0.272 e. The maximum absolute atomic E-state index is 12.1. The highest BCUT2D eigenvalue weighted by Gasteiger charge is 2.14. The van der Waals surface area contributed by atoms with Crippen molar-refractivity contribution in [3.63, 3.8) is 0 Å². The summed E-state index contributed by atoms with van der Waals surface area (Å²) in [5, 5.41) is 4.87. The van der Waals surface area contributed by atoms with E-state index in [1.165, 1.54) is 43.9 Å². The number of rotatable bonds is 4. The van der Waals surface area contributed by atoms with Gasteiger partial charge in [-0.2, -0.15) is 5.10 Å². The van der Waals surface area contributed by atoms with Crippen molar-refractivity contribution < 1.29 is 4.79 Å². The molecule has 1 atom stereocenters. The SMILES string of the molecule is C[C@@H](Sc1ccc(Cl)cc1)C(=O)NN=C1CCCCCCC1. The average molecular weight is 339 g/mol. The molecule has 2 rings (SSSR count). The van der Waals surface area contributed by atoms with Gasteiger partial charge in [-0.1, -0.05) is 30.9 Å². The molecule has 120 valence electrons. The second-order valence-corrected chi connectivity index (χ2v) is 7.49.